The molecule has 0 N–H and O–H groups in total. The number of benzene rings is 2. The maximum absolute atomic E-state index is 13.4. The largest absolute Gasteiger partial charge is 0.365 e. The second-order valence-electron chi connectivity index (χ2n) is 7.25. The fraction of sp³-hybridized carbons (Fsp3) is 0.0833. The zero-order valence-electron chi connectivity index (χ0n) is 16.7. The molecule has 0 radical (unpaired) electrons. The molecule has 3 heterocycles. The Kier molecular flexibility index (Phi) is 4.74. The normalized spacial score (nSPS) is 13.0. The van der Waals surface area contributed by atoms with Gasteiger partial charge in [-0.3, -0.25) is 19.5 Å². The summed E-state index contributed by atoms with van der Waals surface area (Å²) in [5.74, 6) is -1.19. The average Bonchev–Trinajstić information content (AvgIpc) is 3.27. The van der Waals surface area contributed by atoms with Crippen LogP contribution in [-0.4, -0.2) is 33.0 Å². The molecule has 1 aliphatic heterocycles. The SMILES string of the molecule is O=C1c2ccccc2C(=O)N1CCn1oc(=O)c(-c2ccc(F)cc2)c1-c1ccncc1. The van der Waals surface area contributed by atoms with Crippen molar-refractivity contribution in [2.45, 2.75) is 6.54 Å². The Bertz CT molecular complexity index is 1360. The molecule has 0 saturated carbocycles. The van der Waals surface area contributed by atoms with E-state index >= 15 is 0 Å². The summed E-state index contributed by atoms with van der Waals surface area (Å²) in [5.41, 5.74) is 1.98. The summed E-state index contributed by atoms with van der Waals surface area (Å²) in [4.78, 5) is 43.3. The lowest BCUT2D eigenvalue weighted by atomic mass is 10.0. The van der Waals surface area contributed by atoms with Crippen molar-refractivity contribution in [1.29, 1.82) is 0 Å². The van der Waals surface area contributed by atoms with E-state index in [9.17, 15) is 18.8 Å². The first-order valence-electron chi connectivity index (χ1n) is 9.90. The van der Waals surface area contributed by atoms with Crippen molar-refractivity contribution in [1.82, 2.24) is 14.6 Å². The predicted molar refractivity (Wildman–Crippen MR) is 113 cm³/mol. The van der Waals surface area contributed by atoms with Gasteiger partial charge in [0.1, 0.15) is 5.82 Å². The molecule has 0 spiro atoms. The monoisotopic (exact) mass is 429 g/mol. The van der Waals surface area contributed by atoms with E-state index in [4.69, 9.17) is 4.52 Å². The Balaban J connectivity index is 1.53. The van der Waals surface area contributed by atoms with Crippen molar-refractivity contribution in [3.05, 3.63) is 100 Å². The predicted octanol–water partition coefficient (Wildman–Crippen LogP) is 3.61. The average molecular weight is 429 g/mol. The first-order valence-corrected chi connectivity index (χ1v) is 9.90. The van der Waals surface area contributed by atoms with Gasteiger partial charge in [-0.25, -0.2) is 13.9 Å². The van der Waals surface area contributed by atoms with E-state index in [1.54, 1.807) is 48.8 Å². The van der Waals surface area contributed by atoms with E-state index in [-0.39, 0.29) is 30.5 Å². The molecule has 8 heteroatoms. The molecule has 2 aromatic carbocycles. The van der Waals surface area contributed by atoms with Crippen LogP contribution in [0.3, 0.4) is 0 Å². The minimum Gasteiger partial charge on any atom is -0.335 e. The highest BCUT2D eigenvalue weighted by Crippen LogP contribution is 2.31. The van der Waals surface area contributed by atoms with E-state index in [1.165, 1.54) is 29.0 Å². The van der Waals surface area contributed by atoms with Crippen LogP contribution in [0.2, 0.25) is 0 Å². The Labute approximate surface area is 181 Å². The number of aromatic nitrogens is 2. The van der Waals surface area contributed by atoms with Crippen molar-refractivity contribution < 1.29 is 18.5 Å². The van der Waals surface area contributed by atoms with Crippen LogP contribution in [0.5, 0.6) is 0 Å². The summed E-state index contributed by atoms with van der Waals surface area (Å²) in [6.45, 7) is 0.0878. The minimum absolute atomic E-state index is 0.0188. The topological polar surface area (TPSA) is 85.4 Å². The van der Waals surface area contributed by atoms with Crippen molar-refractivity contribution in [2.75, 3.05) is 6.54 Å². The molecule has 4 aromatic rings. The number of carbonyl (C=O) groups excluding carboxylic acids is 2. The summed E-state index contributed by atoms with van der Waals surface area (Å²) >= 11 is 0. The smallest absolute Gasteiger partial charge is 0.335 e. The van der Waals surface area contributed by atoms with Crippen LogP contribution >= 0.6 is 0 Å². The fourth-order valence-electron chi connectivity index (χ4n) is 3.87. The third kappa shape index (κ3) is 3.22. The quantitative estimate of drug-likeness (QED) is 0.453. The molecule has 0 atom stereocenters. The van der Waals surface area contributed by atoms with Crippen molar-refractivity contribution in [2.24, 2.45) is 0 Å². The van der Waals surface area contributed by atoms with Crippen molar-refractivity contribution in [3.63, 3.8) is 0 Å². The van der Waals surface area contributed by atoms with E-state index in [0.29, 0.717) is 27.9 Å². The first-order chi connectivity index (χ1) is 15.5. The van der Waals surface area contributed by atoms with E-state index in [2.05, 4.69) is 4.98 Å². The number of hydrogen-bond donors (Lipinski definition) is 0. The molecular weight excluding hydrogens is 413 g/mol. The Morgan fingerprint density at radius 2 is 1.41 bits per heavy atom. The molecule has 0 aliphatic carbocycles. The third-order valence-corrected chi connectivity index (χ3v) is 5.37. The molecule has 0 bridgehead atoms. The van der Waals surface area contributed by atoms with Gasteiger partial charge in [-0.1, -0.05) is 24.3 Å². The van der Waals surface area contributed by atoms with Crippen LogP contribution in [0.15, 0.2) is 82.4 Å². The van der Waals surface area contributed by atoms with Gasteiger partial charge < -0.3 is 4.52 Å². The molecule has 0 unspecified atom stereocenters. The van der Waals surface area contributed by atoms with Crippen LogP contribution in [0.1, 0.15) is 20.7 Å². The molecule has 2 amide bonds. The van der Waals surface area contributed by atoms with Gasteiger partial charge in [0.15, 0.2) is 0 Å². The van der Waals surface area contributed by atoms with Crippen molar-refractivity contribution >= 4 is 11.8 Å². The Morgan fingerprint density at radius 3 is 2.03 bits per heavy atom. The van der Waals surface area contributed by atoms with Crippen LogP contribution in [0.25, 0.3) is 22.4 Å². The molecule has 32 heavy (non-hydrogen) atoms. The molecular formula is C24H16FN3O4. The first kappa shape index (κ1) is 19.6. The zero-order valence-corrected chi connectivity index (χ0v) is 16.7. The fourth-order valence-corrected chi connectivity index (χ4v) is 3.87. The van der Waals surface area contributed by atoms with Crippen molar-refractivity contribution in [3.8, 4) is 22.4 Å². The lowest BCUT2D eigenvalue weighted by molar-refractivity contribution is 0.0636. The number of amides is 2. The molecule has 7 nitrogen and oxygen atoms in total. The van der Waals surface area contributed by atoms with Gasteiger partial charge in [0, 0.05) is 18.0 Å². The number of halogens is 1. The van der Waals surface area contributed by atoms with Gasteiger partial charge in [-0.15, -0.1) is 0 Å². The second-order valence-corrected chi connectivity index (χ2v) is 7.25. The highest BCUT2D eigenvalue weighted by atomic mass is 19.1. The van der Waals surface area contributed by atoms with Crippen LogP contribution in [0, 0.1) is 5.82 Å². The molecule has 158 valence electrons. The van der Waals surface area contributed by atoms with Gasteiger partial charge >= 0.3 is 5.63 Å². The number of fused-ring (bicyclic) bond motifs is 1. The highest BCUT2D eigenvalue weighted by Gasteiger charge is 2.35. The summed E-state index contributed by atoms with van der Waals surface area (Å²) in [6.07, 6.45) is 3.16. The van der Waals surface area contributed by atoms with E-state index in [0.717, 1.165) is 4.90 Å². The minimum atomic E-state index is -0.606. The molecule has 5 rings (SSSR count). The van der Waals surface area contributed by atoms with Gasteiger partial charge in [-0.05, 0) is 42.0 Å². The second kappa shape index (κ2) is 7.73. The number of pyridine rings is 1. The van der Waals surface area contributed by atoms with Gasteiger partial charge in [0.05, 0.1) is 35.5 Å². The molecule has 2 aromatic heterocycles. The molecule has 0 saturated heterocycles. The number of nitrogens with zero attached hydrogens (tertiary/aromatic N) is 3. The summed E-state index contributed by atoms with van der Waals surface area (Å²) in [5, 5.41) is 0. The van der Waals surface area contributed by atoms with E-state index < -0.39 is 11.4 Å². The number of carbonyl (C=O) groups is 2. The summed E-state index contributed by atoms with van der Waals surface area (Å²) < 4.78 is 20.3. The van der Waals surface area contributed by atoms with Crippen LogP contribution < -0.4 is 5.63 Å². The van der Waals surface area contributed by atoms with Gasteiger partial charge in [0.2, 0.25) is 0 Å². The van der Waals surface area contributed by atoms with Crippen LogP contribution in [-0.2, 0) is 6.54 Å². The number of rotatable bonds is 5. The maximum Gasteiger partial charge on any atom is 0.365 e. The number of hydrogen-bond acceptors (Lipinski definition) is 5. The van der Waals surface area contributed by atoms with Gasteiger partial charge in [-0.2, -0.15) is 0 Å². The lowest BCUT2D eigenvalue weighted by Gasteiger charge is -2.15. The summed E-state index contributed by atoms with van der Waals surface area (Å²) in [7, 11) is 0. The lowest BCUT2D eigenvalue weighted by Crippen LogP contribution is -2.33. The highest BCUT2D eigenvalue weighted by molar-refractivity contribution is 6.21. The summed E-state index contributed by atoms with van der Waals surface area (Å²) in [6, 6.07) is 15.6. The molecule has 1 aliphatic rings. The van der Waals surface area contributed by atoms with Crippen LogP contribution in [0.4, 0.5) is 4.39 Å². The van der Waals surface area contributed by atoms with E-state index in [1.807, 2.05) is 0 Å². The Morgan fingerprint density at radius 1 is 0.781 bits per heavy atom. The third-order valence-electron chi connectivity index (χ3n) is 5.37. The standard InChI is InChI=1S/C24H16FN3O4/c25-17-7-5-15(6-8-17)20-21(16-9-11-26-12-10-16)28(32-24(20)31)14-13-27-22(29)18-3-1-2-4-19(18)23(27)30/h1-12H,13-14H2. The Hall–Kier alpha value is -4.33. The maximum atomic E-state index is 13.4. The molecule has 0 fully saturated rings. The number of imide groups is 1. The van der Waals surface area contributed by atoms with Gasteiger partial charge in [0.25, 0.3) is 11.8 Å². The zero-order chi connectivity index (χ0) is 22.2.